The van der Waals surface area contributed by atoms with Crippen LogP contribution in [0.25, 0.3) is 10.2 Å². The summed E-state index contributed by atoms with van der Waals surface area (Å²) in [5.41, 5.74) is 2.08. The number of hydrogen-bond acceptors (Lipinski definition) is 5. The van der Waals surface area contributed by atoms with E-state index >= 15 is 0 Å². The summed E-state index contributed by atoms with van der Waals surface area (Å²) < 4.78 is 6.23. The summed E-state index contributed by atoms with van der Waals surface area (Å²) in [4.78, 5) is 18.2. The summed E-state index contributed by atoms with van der Waals surface area (Å²) in [5.74, 6) is 0.773. The van der Waals surface area contributed by atoms with Gasteiger partial charge in [0.15, 0.2) is 5.13 Å². The summed E-state index contributed by atoms with van der Waals surface area (Å²) >= 11 is 3.04. The molecule has 1 amide bonds. The Balaban J connectivity index is 1.72. The monoisotopic (exact) mass is 372 g/mol. The molecule has 6 heteroatoms. The minimum Gasteiger partial charge on any atom is -0.497 e. The molecule has 3 aromatic rings. The number of nitrogens with zero attached hydrogens (tertiary/aromatic N) is 1. The van der Waals surface area contributed by atoms with Crippen molar-refractivity contribution >= 4 is 44.4 Å². The molecule has 1 unspecified atom stereocenters. The zero-order valence-corrected chi connectivity index (χ0v) is 16.0. The number of aromatic nitrogens is 1. The molecule has 0 aliphatic rings. The molecule has 130 valence electrons. The number of ether oxygens (including phenoxy) is 1. The fourth-order valence-corrected chi connectivity index (χ4v) is 4.23. The number of benzene rings is 2. The van der Waals surface area contributed by atoms with E-state index in [2.05, 4.69) is 41.5 Å². The number of anilines is 1. The molecule has 1 heterocycles. The fourth-order valence-electron chi connectivity index (χ4n) is 2.37. The van der Waals surface area contributed by atoms with Crippen LogP contribution in [0.2, 0.25) is 0 Å². The molecular weight excluding hydrogens is 352 g/mol. The van der Waals surface area contributed by atoms with E-state index in [4.69, 9.17) is 4.74 Å². The van der Waals surface area contributed by atoms with Crippen LogP contribution in [0.5, 0.6) is 5.75 Å². The van der Waals surface area contributed by atoms with Crippen LogP contribution in [-0.2, 0) is 4.79 Å². The van der Waals surface area contributed by atoms with Gasteiger partial charge in [-0.25, -0.2) is 4.98 Å². The minimum atomic E-state index is -0.149. The van der Waals surface area contributed by atoms with Crippen molar-refractivity contribution in [3.8, 4) is 5.75 Å². The molecule has 1 aromatic heterocycles. The molecule has 25 heavy (non-hydrogen) atoms. The minimum absolute atomic E-state index is 0.0147. The lowest BCUT2D eigenvalue weighted by atomic mass is 10.2. The first-order valence-corrected chi connectivity index (χ1v) is 9.77. The largest absolute Gasteiger partial charge is 0.497 e. The molecule has 0 spiro atoms. The zero-order valence-electron chi connectivity index (χ0n) is 14.4. The highest BCUT2D eigenvalue weighted by Crippen LogP contribution is 2.31. The molecule has 0 aliphatic heterocycles. The lowest BCUT2D eigenvalue weighted by Gasteiger charge is -2.13. The van der Waals surface area contributed by atoms with Gasteiger partial charge in [-0.05, 0) is 43.7 Å². The summed E-state index contributed by atoms with van der Waals surface area (Å²) in [6, 6.07) is 13.9. The standard InChI is InChI=1S/C19H20N2O2S2/c1-4-16(24-14-8-5-12(2)6-9-14)18(22)21-19-20-15-10-7-13(23-3)11-17(15)25-19/h5-11,16H,4H2,1-3H3,(H,20,21,22). The van der Waals surface area contributed by atoms with Crippen LogP contribution < -0.4 is 10.1 Å². The third kappa shape index (κ3) is 4.32. The highest BCUT2D eigenvalue weighted by atomic mass is 32.2. The van der Waals surface area contributed by atoms with Gasteiger partial charge in [0.25, 0.3) is 0 Å². The lowest BCUT2D eigenvalue weighted by Crippen LogP contribution is -2.24. The highest BCUT2D eigenvalue weighted by Gasteiger charge is 2.19. The topological polar surface area (TPSA) is 51.2 Å². The van der Waals surface area contributed by atoms with Crippen LogP contribution in [0.1, 0.15) is 18.9 Å². The number of thiazole rings is 1. The maximum atomic E-state index is 12.6. The normalized spacial score (nSPS) is 12.1. The molecule has 0 saturated carbocycles. The number of carbonyl (C=O) groups is 1. The van der Waals surface area contributed by atoms with E-state index in [1.807, 2.05) is 25.1 Å². The number of hydrogen-bond donors (Lipinski definition) is 1. The summed E-state index contributed by atoms with van der Waals surface area (Å²) in [6.07, 6.45) is 0.753. The lowest BCUT2D eigenvalue weighted by molar-refractivity contribution is -0.115. The molecule has 4 nitrogen and oxygen atoms in total. The number of nitrogens with one attached hydrogen (secondary N) is 1. The van der Waals surface area contributed by atoms with Crippen molar-refractivity contribution in [2.75, 3.05) is 12.4 Å². The van der Waals surface area contributed by atoms with Crippen LogP contribution in [0.15, 0.2) is 47.4 Å². The van der Waals surface area contributed by atoms with Crippen LogP contribution in [-0.4, -0.2) is 23.3 Å². The predicted octanol–water partition coefficient (Wildman–Crippen LogP) is 5.12. The van der Waals surface area contributed by atoms with Crippen molar-refractivity contribution in [2.24, 2.45) is 0 Å². The van der Waals surface area contributed by atoms with E-state index in [0.29, 0.717) is 5.13 Å². The van der Waals surface area contributed by atoms with E-state index in [0.717, 1.165) is 27.3 Å². The summed E-state index contributed by atoms with van der Waals surface area (Å²) in [6.45, 7) is 4.08. The molecular formula is C19H20N2O2S2. The molecule has 2 aromatic carbocycles. The average molecular weight is 373 g/mol. The number of thioether (sulfide) groups is 1. The van der Waals surface area contributed by atoms with Crippen molar-refractivity contribution in [3.05, 3.63) is 48.0 Å². The Bertz CT molecular complexity index is 875. The maximum absolute atomic E-state index is 12.6. The van der Waals surface area contributed by atoms with Crippen LogP contribution in [0, 0.1) is 6.92 Å². The fraction of sp³-hybridized carbons (Fsp3) is 0.263. The molecule has 3 rings (SSSR count). The molecule has 0 fully saturated rings. The second-order valence-corrected chi connectivity index (χ2v) is 7.98. The maximum Gasteiger partial charge on any atom is 0.239 e. The SMILES string of the molecule is CCC(Sc1ccc(C)cc1)C(=O)Nc1nc2ccc(OC)cc2s1. The number of aryl methyl sites for hydroxylation is 1. The number of amides is 1. The number of carbonyl (C=O) groups excluding carboxylic acids is 1. The first-order valence-electron chi connectivity index (χ1n) is 8.08. The Morgan fingerprint density at radius 2 is 2.04 bits per heavy atom. The second-order valence-electron chi connectivity index (χ2n) is 5.67. The van der Waals surface area contributed by atoms with Crippen LogP contribution in [0.4, 0.5) is 5.13 Å². The van der Waals surface area contributed by atoms with E-state index in [-0.39, 0.29) is 11.2 Å². The van der Waals surface area contributed by atoms with Crippen LogP contribution >= 0.6 is 23.1 Å². The van der Waals surface area contributed by atoms with Gasteiger partial charge in [-0.15, -0.1) is 11.8 Å². The van der Waals surface area contributed by atoms with Crippen molar-refractivity contribution in [1.82, 2.24) is 4.98 Å². The van der Waals surface area contributed by atoms with Crippen LogP contribution in [0.3, 0.4) is 0 Å². The van der Waals surface area contributed by atoms with Gasteiger partial charge >= 0.3 is 0 Å². The summed E-state index contributed by atoms with van der Waals surface area (Å²) in [5, 5.41) is 3.43. The van der Waals surface area contributed by atoms with Crippen molar-refractivity contribution < 1.29 is 9.53 Å². The third-order valence-corrected chi connectivity index (χ3v) is 6.10. The molecule has 0 aliphatic carbocycles. The zero-order chi connectivity index (χ0) is 17.8. The van der Waals surface area contributed by atoms with Gasteiger partial charge in [-0.1, -0.05) is 36.0 Å². The second kappa shape index (κ2) is 7.89. The van der Waals surface area contributed by atoms with Gasteiger partial charge in [0, 0.05) is 4.90 Å². The van der Waals surface area contributed by atoms with Crippen molar-refractivity contribution in [1.29, 1.82) is 0 Å². The van der Waals surface area contributed by atoms with Crippen molar-refractivity contribution in [3.63, 3.8) is 0 Å². The first-order chi connectivity index (χ1) is 12.1. The number of fused-ring (bicyclic) bond motifs is 1. The van der Waals surface area contributed by atoms with E-state index in [1.54, 1.807) is 18.9 Å². The Morgan fingerprint density at radius 1 is 1.28 bits per heavy atom. The molecule has 0 radical (unpaired) electrons. The third-order valence-electron chi connectivity index (χ3n) is 3.79. The smallest absolute Gasteiger partial charge is 0.239 e. The van der Waals surface area contributed by atoms with E-state index in [1.165, 1.54) is 16.9 Å². The number of rotatable bonds is 6. The van der Waals surface area contributed by atoms with Gasteiger partial charge in [0.1, 0.15) is 5.75 Å². The number of methoxy groups -OCH3 is 1. The molecule has 0 bridgehead atoms. The molecule has 1 atom stereocenters. The quantitative estimate of drug-likeness (QED) is 0.610. The first kappa shape index (κ1) is 17.8. The summed E-state index contributed by atoms with van der Waals surface area (Å²) in [7, 11) is 1.64. The van der Waals surface area contributed by atoms with Gasteiger partial charge in [0.2, 0.25) is 5.91 Å². The van der Waals surface area contributed by atoms with Gasteiger partial charge in [-0.3, -0.25) is 4.79 Å². The highest BCUT2D eigenvalue weighted by molar-refractivity contribution is 8.00. The van der Waals surface area contributed by atoms with Gasteiger partial charge < -0.3 is 10.1 Å². The Hall–Kier alpha value is -2.05. The molecule has 0 saturated heterocycles. The van der Waals surface area contributed by atoms with Gasteiger partial charge in [-0.2, -0.15) is 0 Å². The van der Waals surface area contributed by atoms with Gasteiger partial charge in [0.05, 0.1) is 22.6 Å². The van der Waals surface area contributed by atoms with E-state index in [9.17, 15) is 4.79 Å². The Labute approximate surface area is 155 Å². The predicted molar refractivity (Wildman–Crippen MR) is 106 cm³/mol. The Kier molecular flexibility index (Phi) is 5.60. The Morgan fingerprint density at radius 3 is 2.72 bits per heavy atom. The average Bonchev–Trinajstić information content (AvgIpc) is 3.02. The van der Waals surface area contributed by atoms with E-state index < -0.39 is 0 Å². The molecule has 1 N–H and O–H groups in total. The van der Waals surface area contributed by atoms with Crippen molar-refractivity contribution in [2.45, 2.75) is 30.4 Å².